The second-order valence-electron chi connectivity index (χ2n) is 5.09. The van der Waals surface area contributed by atoms with Gasteiger partial charge in [0.2, 0.25) is 10.0 Å². The topological polar surface area (TPSA) is 93.7 Å². The lowest BCUT2D eigenvalue weighted by Gasteiger charge is -2.13. The largest absolute Gasteiger partial charge is 0.495 e. The fourth-order valence-corrected chi connectivity index (χ4v) is 2.85. The smallest absolute Gasteiger partial charge is 0.255 e. The van der Waals surface area contributed by atoms with Crippen molar-refractivity contribution in [3.63, 3.8) is 0 Å². The Balaban J connectivity index is 2.22. The number of sulfonamides is 1. The Kier molecular flexibility index (Phi) is 5.76. The maximum absolute atomic E-state index is 12.4. The van der Waals surface area contributed by atoms with Crippen LogP contribution in [0.25, 0.3) is 0 Å². The Labute approximate surface area is 151 Å². The molecule has 2 N–H and O–H groups in total. The molecule has 0 aromatic heterocycles. The number of amides is 1. The summed E-state index contributed by atoms with van der Waals surface area (Å²) in [6, 6.07) is 9.09. The Hall–Kier alpha value is -2.45. The van der Waals surface area contributed by atoms with Crippen LogP contribution in [-0.2, 0) is 10.0 Å². The lowest BCUT2D eigenvalue weighted by Crippen LogP contribution is -2.13. The van der Waals surface area contributed by atoms with Gasteiger partial charge in [-0.3, -0.25) is 9.52 Å². The maximum atomic E-state index is 12.4. The monoisotopic (exact) mass is 384 g/mol. The van der Waals surface area contributed by atoms with Gasteiger partial charge in [0.1, 0.15) is 11.5 Å². The summed E-state index contributed by atoms with van der Waals surface area (Å²) in [4.78, 5) is 12.4. The second kappa shape index (κ2) is 7.62. The summed E-state index contributed by atoms with van der Waals surface area (Å²) in [6.07, 6.45) is 1.05. The number of hydrogen-bond donors (Lipinski definition) is 2. The normalized spacial score (nSPS) is 10.9. The molecule has 0 radical (unpaired) electrons. The highest BCUT2D eigenvalue weighted by Crippen LogP contribution is 2.36. The third-order valence-corrected chi connectivity index (χ3v) is 4.07. The van der Waals surface area contributed by atoms with Crippen LogP contribution in [0.4, 0.5) is 11.4 Å². The Morgan fingerprint density at radius 3 is 2.16 bits per heavy atom. The summed E-state index contributed by atoms with van der Waals surface area (Å²) >= 11 is 6.03. The predicted octanol–water partition coefficient (Wildman–Crippen LogP) is 2.98. The molecule has 2 aromatic rings. The van der Waals surface area contributed by atoms with E-state index in [1.165, 1.54) is 44.6 Å². The van der Waals surface area contributed by atoms with Crippen LogP contribution >= 0.6 is 11.6 Å². The molecule has 0 fully saturated rings. The van der Waals surface area contributed by atoms with E-state index in [2.05, 4.69) is 10.0 Å². The van der Waals surface area contributed by atoms with E-state index < -0.39 is 15.9 Å². The van der Waals surface area contributed by atoms with Crippen LogP contribution in [0.1, 0.15) is 10.4 Å². The van der Waals surface area contributed by atoms with Crippen LogP contribution in [0.15, 0.2) is 36.4 Å². The van der Waals surface area contributed by atoms with Gasteiger partial charge >= 0.3 is 0 Å². The van der Waals surface area contributed by atoms with Gasteiger partial charge in [0.15, 0.2) is 0 Å². The molecule has 0 bridgehead atoms. The lowest BCUT2D eigenvalue weighted by molar-refractivity contribution is 0.102. The van der Waals surface area contributed by atoms with Gasteiger partial charge in [0, 0.05) is 23.4 Å². The quantitative estimate of drug-likeness (QED) is 0.798. The molecule has 0 saturated carbocycles. The number of anilines is 2. The van der Waals surface area contributed by atoms with Crippen molar-refractivity contribution < 1.29 is 22.7 Å². The Morgan fingerprint density at radius 1 is 1.04 bits per heavy atom. The minimum atomic E-state index is -3.37. The molecule has 0 aliphatic heterocycles. The van der Waals surface area contributed by atoms with Gasteiger partial charge in [-0.2, -0.15) is 0 Å². The number of halogens is 1. The van der Waals surface area contributed by atoms with Crippen LogP contribution in [0.5, 0.6) is 11.5 Å². The first kappa shape index (κ1) is 18.9. The van der Waals surface area contributed by atoms with Crippen LogP contribution in [0.3, 0.4) is 0 Å². The van der Waals surface area contributed by atoms with Crippen LogP contribution in [0, 0.1) is 0 Å². The number of rotatable bonds is 6. The maximum Gasteiger partial charge on any atom is 0.255 e. The van der Waals surface area contributed by atoms with E-state index in [-0.39, 0.29) is 0 Å². The number of carbonyl (C=O) groups is 1. The van der Waals surface area contributed by atoms with E-state index in [0.29, 0.717) is 33.5 Å². The summed E-state index contributed by atoms with van der Waals surface area (Å²) in [5.74, 6) is 0.383. The first-order valence-corrected chi connectivity index (χ1v) is 9.31. The van der Waals surface area contributed by atoms with E-state index in [1.54, 1.807) is 6.07 Å². The van der Waals surface area contributed by atoms with Gasteiger partial charge in [-0.05, 0) is 24.3 Å². The summed E-state index contributed by atoms with van der Waals surface area (Å²) in [6.45, 7) is 0. The molecular formula is C16H17ClN2O5S. The van der Waals surface area contributed by atoms with E-state index in [1.807, 2.05) is 0 Å². The van der Waals surface area contributed by atoms with Gasteiger partial charge < -0.3 is 14.8 Å². The van der Waals surface area contributed by atoms with Crippen molar-refractivity contribution in [2.24, 2.45) is 0 Å². The standard InChI is InChI=1S/C16H17ClN2O5S/c1-23-14-9-13(15(24-2)8-12(14)17)18-16(20)10-4-6-11(7-5-10)19-25(3,21)22/h4-9,19H,1-3H3,(H,18,20). The van der Waals surface area contributed by atoms with Crippen molar-refractivity contribution in [1.29, 1.82) is 0 Å². The fourth-order valence-electron chi connectivity index (χ4n) is 2.06. The average Bonchev–Trinajstić information content (AvgIpc) is 2.55. The van der Waals surface area contributed by atoms with Gasteiger partial charge in [-0.15, -0.1) is 0 Å². The zero-order valence-corrected chi connectivity index (χ0v) is 15.4. The molecule has 0 heterocycles. The Bertz CT molecular complexity index is 882. The van der Waals surface area contributed by atoms with Gasteiger partial charge in [0.25, 0.3) is 5.91 Å². The molecule has 7 nitrogen and oxygen atoms in total. The molecule has 2 aromatic carbocycles. The molecule has 0 aliphatic rings. The molecule has 9 heteroatoms. The average molecular weight is 385 g/mol. The molecule has 2 rings (SSSR count). The second-order valence-corrected chi connectivity index (χ2v) is 7.25. The van der Waals surface area contributed by atoms with Gasteiger partial charge in [-0.1, -0.05) is 11.6 Å². The third kappa shape index (κ3) is 5.01. The summed E-state index contributed by atoms with van der Waals surface area (Å²) in [5, 5.41) is 3.06. The molecule has 0 spiro atoms. The minimum absolute atomic E-state index is 0.343. The predicted molar refractivity (Wildman–Crippen MR) is 97.4 cm³/mol. The number of methoxy groups -OCH3 is 2. The number of nitrogens with one attached hydrogen (secondary N) is 2. The molecular weight excluding hydrogens is 368 g/mol. The van der Waals surface area contributed by atoms with E-state index in [9.17, 15) is 13.2 Å². The van der Waals surface area contributed by atoms with E-state index in [0.717, 1.165) is 6.26 Å². The highest BCUT2D eigenvalue weighted by Gasteiger charge is 2.14. The lowest BCUT2D eigenvalue weighted by atomic mass is 10.2. The molecule has 0 unspecified atom stereocenters. The highest BCUT2D eigenvalue weighted by atomic mass is 35.5. The summed E-state index contributed by atoms with van der Waals surface area (Å²) in [5.41, 5.74) is 1.10. The van der Waals surface area contributed by atoms with Crippen molar-refractivity contribution in [3.8, 4) is 11.5 Å². The van der Waals surface area contributed by atoms with Crippen LogP contribution in [-0.4, -0.2) is 34.8 Å². The molecule has 0 atom stereocenters. The zero-order valence-electron chi connectivity index (χ0n) is 13.8. The minimum Gasteiger partial charge on any atom is -0.495 e. The summed E-state index contributed by atoms with van der Waals surface area (Å²) < 4.78 is 35.0. The molecule has 134 valence electrons. The number of carbonyl (C=O) groups excluding carboxylic acids is 1. The van der Waals surface area contributed by atoms with E-state index in [4.69, 9.17) is 21.1 Å². The third-order valence-electron chi connectivity index (χ3n) is 3.17. The number of benzene rings is 2. The van der Waals surface area contributed by atoms with Gasteiger partial charge in [-0.25, -0.2) is 8.42 Å². The van der Waals surface area contributed by atoms with Crippen molar-refractivity contribution in [2.75, 3.05) is 30.5 Å². The highest BCUT2D eigenvalue weighted by molar-refractivity contribution is 7.92. The van der Waals surface area contributed by atoms with Crippen LogP contribution < -0.4 is 19.5 Å². The Morgan fingerprint density at radius 2 is 1.64 bits per heavy atom. The summed E-state index contributed by atoms with van der Waals surface area (Å²) in [7, 11) is -0.450. The van der Waals surface area contributed by atoms with Crippen molar-refractivity contribution >= 4 is 38.9 Å². The molecule has 1 amide bonds. The van der Waals surface area contributed by atoms with Crippen molar-refractivity contribution in [1.82, 2.24) is 0 Å². The molecule has 0 aliphatic carbocycles. The van der Waals surface area contributed by atoms with Gasteiger partial charge in [0.05, 0.1) is 31.2 Å². The van der Waals surface area contributed by atoms with Crippen molar-refractivity contribution in [3.05, 3.63) is 47.0 Å². The first-order chi connectivity index (χ1) is 11.7. The molecule has 0 saturated heterocycles. The fraction of sp³-hybridized carbons (Fsp3) is 0.188. The number of hydrogen-bond acceptors (Lipinski definition) is 5. The molecule has 25 heavy (non-hydrogen) atoms. The SMILES string of the molecule is COc1cc(NC(=O)c2ccc(NS(C)(=O)=O)cc2)c(OC)cc1Cl. The number of ether oxygens (including phenoxy) is 2. The first-order valence-electron chi connectivity index (χ1n) is 7.04. The van der Waals surface area contributed by atoms with E-state index >= 15 is 0 Å². The zero-order chi connectivity index (χ0) is 18.6. The van der Waals surface area contributed by atoms with Crippen LogP contribution in [0.2, 0.25) is 5.02 Å². The van der Waals surface area contributed by atoms with Crippen molar-refractivity contribution in [2.45, 2.75) is 0 Å².